The van der Waals surface area contributed by atoms with Crippen LogP contribution in [-0.2, 0) is 16.0 Å². The summed E-state index contributed by atoms with van der Waals surface area (Å²) in [5.74, 6) is -0.326. The first-order chi connectivity index (χ1) is 7.61. The number of imide groups is 1. The highest BCUT2D eigenvalue weighted by Gasteiger charge is 2.36. The number of aromatic nitrogens is 1. The fraction of sp³-hybridized carbons (Fsp3) is 0.500. The Bertz CT molecular complexity index is 429. The van der Waals surface area contributed by atoms with Crippen molar-refractivity contribution in [3.63, 3.8) is 0 Å². The van der Waals surface area contributed by atoms with Crippen LogP contribution in [0.4, 0.5) is 5.13 Å². The molecule has 1 aliphatic heterocycles. The zero-order valence-corrected chi connectivity index (χ0v) is 10.0. The Morgan fingerprint density at radius 3 is 2.88 bits per heavy atom. The van der Waals surface area contributed by atoms with Crippen molar-refractivity contribution in [2.45, 2.75) is 25.8 Å². The number of rotatable bonds is 3. The second-order valence-electron chi connectivity index (χ2n) is 3.69. The topological polar surface area (TPSA) is 62.3 Å². The van der Waals surface area contributed by atoms with E-state index in [4.69, 9.17) is 0 Å². The average molecular weight is 239 g/mol. The molecule has 1 saturated heterocycles. The number of nitrogens with one attached hydrogen (secondary N) is 1. The van der Waals surface area contributed by atoms with E-state index in [0.29, 0.717) is 5.13 Å². The molecule has 5 nitrogen and oxygen atoms in total. The minimum Gasteiger partial charge on any atom is -0.349 e. The maximum Gasteiger partial charge on any atom is 0.251 e. The molecule has 0 saturated carbocycles. The molecule has 1 atom stereocenters. The van der Waals surface area contributed by atoms with Crippen LogP contribution in [0.25, 0.3) is 0 Å². The van der Waals surface area contributed by atoms with Crippen LogP contribution in [0, 0.1) is 0 Å². The number of nitrogens with zero attached hydrogens (tertiary/aromatic N) is 2. The first-order valence-corrected chi connectivity index (χ1v) is 6.01. The first-order valence-electron chi connectivity index (χ1n) is 5.13. The van der Waals surface area contributed by atoms with Gasteiger partial charge in [-0.1, -0.05) is 6.92 Å². The molecule has 1 aromatic heterocycles. The van der Waals surface area contributed by atoms with Crippen molar-refractivity contribution in [1.82, 2.24) is 9.88 Å². The van der Waals surface area contributed by atoms with E-state index in [-0.39, 0.29) is 18.2 Å². The van der Waals surface area contributed by atoms with Gasteiger partial charge in [-0.2, -0.15) is 0 Å². The molecular weight excluding hydrogens is 226 g/mol. The zero-order chi connectivity index (χ0) is 11.7. The van der Waals surface area contributed by atoms with Crippen LogP contribution in [0.2, 0.25) is 0 Å². The molecule has 2 heterocycles. The quantitative estimate of drug-likeness (QED) is 0.795. The lowest BCUT2D eigenvalue weighted by molar-refractivity contribution is -0.136. The van der Waals surface area contributed by atoms with Crippen molar-refractivity contribution < 1.29 is 9.59 Å². The van der Waals surface area contributed by atoms with Crippen LogP contribution in [-0.4, -0.2) is 34.8 Å². The van der Waals surface area contributed by atoms with E-state index in [2.05, 4.69) is 10.3 Å². The molecular formula is C10H13N3O2S. The highest BCUT2D eigenvalue weighted by molar-refractivity contribution is 7.13. The molecule has 0 aliphatic carbocycles. The molecule has 1 N–H and O–H groups in total. The Morgan fingerprint density at radius 1 is 1.62 bits per heavy atom. The Balaban J connectivity index is 2.05. The normalized spacial score (nSPS) is 20.6. The van der Waals surface area contributed by atoms with Gasteiger partial charge >= 0.3 is 0 Å². The smallest absolute Gasteiger partial charge is 0.251 e. The van der Waals surface area contributed by atoms with E-state index in [1.54, 1.807) is 0 Å². The molecule has 1 unspecified atom stereocenters. The monoisotopic (exact) mass is 239 g/mol. The van der Waals surface area contributed by atoms with Crippen molar-refractivity contribution in [3.05, 3.63) is 11.1 Å². The lowest BCUT2D eigenvalue weighted by Gasteiger charge is -2.09. The number of carbonyl (C=O) groups is 2. The number of hydrogen-bond acceptors (Lipinski definition) is 5. The molecule has 1 aromatic rings. The van der Waals surface area contributed by atoms with Crippen LogP contribution in [0.1, 0.15) is 19.0 Å². The summed E-state index contributed by atoms with van der Waals surface area (Å²) in [7, 11) is 1.51. The molecule has 0 aromatic carbocycles. The lowest BCUT2D eigenvalue weighted by Crippen LogP contribution is -2.31. The van der Waals surface area contributed by atoms with Crippen LogP contribution >= 0.6 is 11.3 Å². The van der Waals surface area contributed by atoms with Gasteiger partial charge in [-0.3, -0.25) is 14.5 Å². The number of likely N-dealkylation sites (tertiary alicyclic amines) is 1. The second-order valence-corrected chi connectivity index (χ2v) is 4.55. The SMILES string of the molecule is CCc1csc(NC2CC(=O)N(C)C2=O)n1. The molecule has 0 spiro atoms. The predicted octanol–water partition coefficient (Wildman–Crippen LogP) is 0.875. The lowest BCUT2D eigenvalue weighted by atomic mass is 10.2. The fourth-order valence-electron chi connectivity index (χ4n) is 1.55. The van der Waals surface area contributed by atoms with Gasteiger partial charge in [0.2, 0.25) is 5.91 Å². The highest BCUT2D eigenvalue weighted by atomic mass is 32.1. The van der Waals surface area contributed by atoms with E-state index in [9.17, 15) is 9.59 Å². The number of amides is 2. The summed E-state index contributed by atoms with van der Waals surface area (Å²) in [6.07, 6.45) is 1.09. The van der Waals surface area contributed by atoms with Crippen molar-refractivity contribution in [3.8, 4) is 0 Å². The van der Waals surface area contributed by atoms with Crippen LogP contribution in [0.15, 0.2) is 5.38 Å². The molecule has 16 heavy (non-hydrogen) atoms. The third kappa shape index (κ3) is 1.92. The Morgan fingerprint density at radius 2 is 2.38 bits per heavy atom. The highest BCUT2D eigenvalue weighted by Crippen LogP contribution is 2.20. The maximum atomic E-state index is 11.6. The predicted molar refractivity (Wildman–Crippen MR) is 61.3 cm³/mol. The number of likely N-dealkylation sites (N-methyl/N-ethyl adjacent to an activating group) is 1. The molecule has 0 radical (unpaired) electrons. The summed E-state index contributed by atoms with van der Waals surface area (Å²) in [6, 6.07) is -0.451. The van der Waals surface area contributed by atoms with Gasteiger partial charge in [0.25, 0.3) is 5.91 Å². The Hall–Kier alpha value is -1.43. The van der Waals surface area contributed by atoms with E-state index in [1.165, 1.54) is 18.4 Å². The van der Waals surface area contributed by atoms with Gasteiger partial charge < -0.3 is 5.32 Å². The number of hydrogen-bond donors (Lipinski definition) is 1. The molecule has 2 rings (SSSR count). The van der Waals surface area contributed by atoms with E-state index in [1.807, 2.05) is 12.3 Å². The summed E-state index contributed by atoms with van der Waals surface area (Å²) < 4.78 is 0. The summed E-state index contributed by atoms with van der Waals surface area (Å²) in [5, 5.41) is 5.66. The number of thiazole rings is 1. The fourth-order valence-corrected chi connectivity index (χ4v) is 2.40. The molecule has 0 bridgehead atoms. The average Bonchev–Trinajstić information content (AvgIpc) is 2.81. The number of aryl methyl sites for hydroxylation is 1. The zero-order valence-electron chi connectivity index (χ0n) is 9.19. The maximum absolute atomic E-state index is 11.6. The van der Waals surface area contributed by atoms with Gasteiger partial charge in [-0.15, -0.1) is 11.3 Å². The molecule has 86 valence electrons. The van der Waals surface area contributed by atoms with Gasteiger partial charge in [0.1, 0.15) is 6.04 Å². The van der Waals surface area contributed by atoms with Crippen molar-refractivity contribution in [2.75, 3.05) is 12.4 Å². The van der Waals surface area contributed by atoms with Gasteiger partial charge in [0.15, 0.2) is 5.13 Å². The first kappa shape index (κ1) is 11.1. The summed E-state index contributed by atoms with van der Waals surface area (Å²) in [5.41, 5.74) is 0.998. The van der Waals surface area contributed by atoms with E-state index < -0.39 is 6.04 Å². The third-order valence-corrected chi connectivity index (χ3v) is 3.42. The molecule has 1 fully saturated rings. The number of carbonyl (C=O) groups excluding carboxylic acids is 2. The van der Waals surface area contributed by atoms with Gasteiger partial charge in [-0.05, 0) is 6.42 Å². The molecule has 1 aliphatic rings. The number of anilines is 1. The minimum atomic E-state index is -0.451. The van der Waals surface area contributed by atoms with Gasteiger partial charge in [0, 0.05) is 12.4 Å². The summed E-state index contributed by atoms with van der Waals surface area (Å²) in [4.78, 5) is 28.4. The summed E-state index contributed by atoms with van der Waals surface area (Å²) >= 11 is 1.46. The molecule has 2 amide bonds. The Labute approximate surface area is 97.5 Å². The summed E-state index contributed by atoms with van der Waals surface area (Å²) in [6.45, 7) is 2.02. The third-order valence-electron chi connectivity index (χ3n) is 2.59. The Kier molecular flexibility index (Phi) is 2.91. The second kappa shape index (κ2) is 4.21. The van der Waals surface area contributed by atoms with Crippen molar-refractivity contribution in [1.29, 1.82) is 0 Å². The molecule has 6 heteroatoms. The van der Waals surface area contributed by atoms with Crippen LogP contribution < -0.4 is 5.32 Å². The minimum absolute atomic E-state index is 0.144. The van der Waals surface area contributed by atoms with E-state index >= 15 is 0 Å². The van der Waals surface area contributed by atoms with Gasteiger partial charge in [0.05, 0.1) is 12.1 Å². The van der Waals surface area contributed by atoms with Gasteiger partial charge in [-0.25, -0.2) is 4.98 Å². The largest absolute Gasteiger partial charge is 0.349 e. The van der Waals surface area contributed by atoms with E-state index in [0.717, 1.165) is 17.0 Å². The van der Waals surface area contributed by atoms with Crippen molar-refractivity contribution >= 4 is 28.3 Å². The van der Waals surface area contributed by atoms with Crippen LogP contribution in [0.5, 0.6) is 0 Å². The van der Waals surface area contributed by atoms with Crippen LogP contribution in [0.3, 0.4) is 0 Å². The standard InChI is InChI=1S/C10H13N3O2S/c1-3-6-5-16-10(11-6)12-7-4-8(14)13(2)9(7)15/h5,7H,3-4H2,1-2H3,(H,11,12). The van der Waals surface area contributed by atoms with Crippen molar-refractivity contribution in [2.24, 2.45) is 0 Å².